The molecule has 0 spiro atoms. The topological polar surface area (TPSA) is 59.3 Å². The van der Waals surface area contributed by atoms with Crippen molar-refractivity contribution in [2.75, 3.05) is 0 Å². The van der Waals surface area contributed by atoms with Crippen LogP contribution in [0.4, 0.5) is 27.6 Å². The van der Waals surface area contributed by atoms with Crippen LogP contribution in [-0.2, 0) is 5.92 Å². The van der Waals surface area contributed by atoms with E-state index >= 15 is 0 Å². The van der Waals surface area contributed by atoms with E-state index in [4.69, 9.17) is 6.57 Å². The van der Waals surface area contributed by atoms with Crippen LogP contribution in [0.15, 0.2) is 17.2 Å². The van der Waals surface area contributed by atoms with Crippen molar-refractivity contribution in [1.29, 1.82) is 0 Å². The molecule has 23 heavy (non-hydrogen) atoms. The van der Waals surface area contributed by atoms with Gasteiger partial charge in [0.05, 0.1) is 12.9 Å². The summed E-state index contributed by atoms with van der Waals surface area (Å²) >= 11 is 0. The first-order chi connectivity index (χ1) is 10.7. The van der Waals surface area contributed by atoms with Crippen LogP contribution < -0.4 is 10.3 Å². The zero-order valence-corrected chi connectivity index (χ0v) is 11.3. The first-order valence-corrected chi connectivity index (χ1v) is 5.85. The third-order valence-electron chi connectivity index (χ3n) is 2.65. The molecule has 120 valence electrons. The van der Waals surface area contributed by atoms with E-state index in [1.165, 1.54) is 0 Å². The van der Waals surface area contributed by atoms with Gasteiger partial charge in [-0.05, 0) is 6.07 Å². The van der Waals surface area contributed by atoms with Crippen LogP contribution in [0.2, 0.25) is 0 Å². The van der Waals surface area contributed by atoms with Crippen LogP contribution in [-0.4, -0.2) is 9.97 Å². The minimum atomic E-state index is -3.67. The van der Waals surface area contributed by atoms with Crippen molar-refractivity contribution in [3.63, 3.8) is 0 Å². The number of halogens is 5. The molecule has 0 saturated carbocycles. The maximum atomic E-state index is 13.9. The molecule has 0 fully saturated rings. The van der Waals surface area contributed by atoms with Gasteiger partial charge < -0.3 is 9.72 Å². The quantitative estimate of drug-likeness (QED) is 0.531. The summed E-state index contributed by atoms with van der Waals surface area (Å²) < 4.78 is 72.3. The van der Waals surface area contributed by atoms with Crippen LogP contribution in [0.25, 0.3) is 4.85 Å². The molecule has 0 radical (unpaired) electrons. The summed E-state index contributed by atoms with van der Waals surface area (Å²) in [7, 11) is 0. The van der Waals surface area contributed by atoms with Gasteiger partial charge in [-0.1, -0.05) is 0 Å². The van der Waals surface area contributed by atoms with Gasteiger partial charge in [0.1, 0.15) is 0 Å². The molecule has 0 atom stereocenters. The van der Waals surface area contributed by atoms with E-state index in [1.54, 1.807) is 0 Å². The summed E-state index contributed by atoms with van der Waals surface area (Å²) in [6.45, 7) is 7.03. The average molecular weight is 331 g/mol. The Kier molecular flexibility index (Phi) is 4.05. The zero-order valence-electron chi connectivity index (χ0n) is 11.3. The molecule has 1 aromatic heterocycles. The minimum Gasteiger partial charge on any atom is -0.444 e. The molecular weight excluding hydrogens is 325 g/mol. The molecule has 0 aliphatic rings. The first-order valence-electron chi connectivity index (χ1n) is 5.85. The number of benzene rings is 1. The number of alkyl halides is 2. The number of aromatic nitrogens is 2. The van der Waals surface area contributed by atoms with Gasteiger partial charge in [-0.15, -0.1) is 0 Å². The van der Waals surface area contributed by atoms with Crippen molar-refractivity contribution >= 4 is 5.69 Å². The summed E-state index contributed by atoms with van der Waals surface area (Å²) in [6, 6.07) is 0.271. The highest BCUT2D eigenvalue weighted by atomic mass is 19.3. The van der Waals surface area contributed by atoms with E-state index in [-0.39, 0.29) is 6.07 Å². The number of hydrogen-bond acceptors (Lipinski definition) is 3. The van der Waals surface area contributed by atoms with Crippen LogP contribution >= 0.6 is 0 Å². The lowest BCUT2D eigenvalue weighted by molar-refractivity contribution is 0.0102. The van der Waals surface area contributed by atoms with E-state index in [1.807, 2.05) is 4.98 Å². The van der Waals surface area contributed by atoms with Crippen LogP contribution in [0.1, 0.15) is 12.6 Å². The highest BCUT2D eigenvalue weighted by molar-refractivity contribution is 5.53. The summed E-state index contributed by atoms with van der Waals surface area (Å²) in [5.41, 5.74) is -3.40. The van der Waals surface area contributed by atoms with Gasteiger partial charge in [0.25, 0.3) is 11.5 Å². The monoisotopic (exact) mass is 331 g/mol. The first kappa shape index (κ1) is 16.4. The molecule has 10 heteroatoms. The fourth-order valence-electron chi connectivity index (χ4n) is 1.64. The number of aromatic amines is 1. The van der Waals surface area contributed by atoms with Gasteiger partial charge in [0.15, 0.2) is 23.1 Å². The number of nitrogens with zero attached hydrogens (tertiary/aromatic N) is 2. The van der Waals surface area contributed by atoms with Crippen molar-refractivity contribution < 1.29 is 26.7 Å². The van der Waals surface area contributed by atoms with E-state index in [2.05, 4.69) is 14.6 Å². The molecule has 2 rings (SSSR count). The fraction of sp³-hybridized carbons (Fsp3) is 0.154. The largest absolute Gasteiger partial charge is 0.444 e. The maximum absolute atomic E-state index is 13.9. The number of hydrogen-bond donors (Lipinski definition) is 1. The molecule has 0 aliphatic carbocycles. The minimum absolute atomic E-state index is 0.271. The SMILES string of the molecule is [C-]#[N+]c1cc(F)c(F)c(Oc2c(C(C)(F)F)nc[nH]c2=O)c1F. The predicted molar refractivity (Wildman–Crippen MR) is 67.1 cm³/mol. The Bertz CT molecular complexity index is 868. The summed E-state index contributed by atoms with van der Waals surface area (Å²) in [5, 5.41) is 0. The van der Waals surface area contributed by atoms with E-state index in [0.717, 1.165) is 0 Å². The molecular formula is C13H6F5N3O2. The maximum Gasteiger partial charge on any atom is 0.294 e. The number of rotatable bonds is 3. The molecule has 5 nitrogen and oxygen atoms in total. The summed E-state index contributed by atoms with van der Waals surface area (Å²) in [6.07, 6.45) is 0.644. The summed E-state index contributed by atoms with van der Waals surface area (Å²) in [4.78, 5) is 19.3. The van der Waals surface area contributed by atoms with Crippen molar-refractivity contribution in [2.45, 2.75) is 12.8 Å². The van der Waals surface area contributed by atoms with Gasteiger partial charge in [-0.3, -0.25) is 4.79 Å². The standard InChI is InChI=1S/C13H6F5N3O2/c1-13(17,18)11-10(12(22)21-4-20-11)23-9-7(15)5(14)3-6(19-2)8(9)16/h3-4H,1H3,(H,20,21,22). The molecule has 0 saturated heterocycles. The molecule has 0 unspecified atom stereocenters. The lowest BCUT2D eigenvalue weighted by atomic mass is 10.2. The summed E-state index contributed by atoms with van der Waals surface area (Å²) in [5.74, 6) is -11.5. The van der Waals surface area contributed by atoms with E-state index in [9.17, 15) is 26.7 Å². The normalized spacial score (nSPS) is 11.2. The third-order valence-corrected chi connectivity index (χ3v) is 2.65. The molecule has 2 aromatic rings. The molecule has 0 aliphatic heterocycles. The lowest BCUT2D eigenvalue weighted by Crippen LogP contribution is -2.20. The van der Waals surface area contributed by atoms with Gasteiger partial charge in [-0.2, -0.15) is 13.2 Å². The molecule has 1 N–H and O–H groups in total. The Hall–Kier alpha value is -2.96. The van der Waals surface area contributed by atoms with Crippen molar-refractivity contribution in [1.82, 2.24) is 9.97 Å². The molecule has 1 heterocycles. The van der Waals surface area contributed by atoms with E-state index < -0.39 is 51.8 Å². The van der Waals surface area contributed by atoms with Crippen molar-refractivity contribution in [3.05, 3.63) is 57.3 Å². The Morgan fingerprint density at radius 3 is 2.48 bits per heavy atom. The second kappa shape index (κ2) is 5.68. The molecule has 0 bridgehead atoms. The third kappa shape index (κ3) is 2.98. The van der Waals surface area contributed by atoms with Gasteiger partial charge in [-0.25, -0.2) is 18.6 Å². The lowest BCUT2D eigenvalue weighted by Gasteiger charge is -2.15. The fourth-order valence-corrected chi connectivity index (χ4v) is 1.64. The highest BCUT2D eigenvalue weighted by Gasteiger charge is 2.34. The smallest absolute Gasteiger partial charge is 0.294 e. The Morgan fingerprint density at radius 1 is 1.26 bits per heavy atom. The van der Waals surface area contributed by atoms with Crippen LogP contribution in [0.5, 0.6) is 11.5 Å². The average Bonchev–Trinajstić information content (AvgIpc) is 2.47. The highest BCUT2D eigenvalue weighted by Crippen LogP contribution is 2.37. The van der Waals surface area contributed by atoms with Gasteiger partial charge in [0.2, 0.25) is 17.3 Å². The zero-order chi connectivity index (χ0) is 17.4. The van der Waals surface area contributed by atoms with Gasteiger partial charge >= 0.3 is 0 Å². The van der Waals surface area contributed by atoms with Crippen molar-refractivity contribution in [3.8, 4) is 11.5 Å². The number of ether oxygens (including phenoxy) is 1. The second-order valence-electron chi connectivity index (χ2n) is 4.35. The van der Waals surface area contributed by atoms with Crippen molar-refractivity contribution in [2.24, 2.45) is 0 Å². The Labute approximate surface area is 125 Å². The predicted octanol–water partition coefficient (Wildman–Crippen LogP) is 3.64. The number of H-pyrrole nitrogens is 1. The number of nitrogens with one attached hydrogen (secondary N) is 1. The second-order valence-corrected chi connectivity index (χ2v) is 4.35. The Morgan fingerprint density at radius 2 is 1.91 bits per heavy atom. The van der Waals surface area contributed by atoms with Crippen LogP contribution in [0.3, 0.4) is 0 Å². The molecule has 0 amide bonds. The van der Waals surface area contributed by atoms with Crippen LogP contribution in [0, 0.1) is 24.0 Å². The molecule has 1 aromatic carbocycles. The van der Waals surface area contributed by atoms with Gasteiger partial charge in [0, 0.05) is 6.92 Å². The van der Waals surface area contributed by atoms with E-state index in [0.29, 0.717) is 13.3 Å². The Balaban J connectivity index is 2.69.